The Balaban J connectivity index is 0.00000256. The fourth-order valence-corrected chi connectivity index (χ4v) is 6.91. The molecule has 4 aliphatic rings. The monoisotopic (exact) mass is 618 g/mol. The number of methoxy groups -OCH3 is 1. The number of ether oxygens (including phenoxy) is 3. The summed E-state index contributed by atoms with van der Waals surface area (Å²) in [6.45, 7) is 8.66. The molecular formula is C33H54N4O7. The Bertz CT molecular complexity index is 1200. The minimum absolute atomic E-state index is 0. The van der Waals surface area contributed by atoms with Crippen molar-refractivity contribution in [1.29, 1.82) is 0 Å². The number of morpholine rings is 1. The predicted molar refractivity (Wildman–Crippen MR) is 169 cm³/mol. The number of benzene rings is 1. The van der Waals surface area contributed by atoms with Gasteiger partial charge in [0.05, 0.1) is 39.5 Å². The van der Waals surface area contributed by atoms with E-state index in [0.717, 1.165) is 41.9 Å². The van der Waals surface area contributed by atoms with Crippen molar-refractivity contribution < 1.29 is 37.7 Å². The molecule has 2 unspecified atom stereocenters. The van der Waals surface area contributed by atoms with Gasteiger partial charge in [-0.15, -0.1) is 0 Å². The highest BCUT2D eigenvalue weighted by Gasteiger charge is 2.55. The van der Waals surface area contributed by atoms with Crippen LogP contribution in [0.1, 0.15) is 56.3 Å². The number of Topliss-reactive ketones (excluding diaryl/α,β-unsaturated/α-hetero) is 1. The van der Waals surface area contributed by atoms with Gasteiger partial charge in [0.25, 0.3) is 0 Å². The van der Waals surface area contributed by atoms with Crippen molar-refractivity contribution in [3.63, 3.8) is 0 Å². The largest absolute Gasteiger partial charge is 0.497 e. The van der Waals surface area contributed by atoms with Crippen molar-refractivity contribution in [3.8, 4) is 5.75 Å². The Kier molecular flexibility index (Phi) is 10.3. The van der Waals surface area contributed by atoms with E-state index in [1.54, 1.807) is 21.0 Å². The highest BCUT2D eigenvalue weighted by molar-refractivity contribution is 5.98. The summed E-state index contributed by atoms with van der Waals surface area (Å²) in [5.74, 6) is 2.10. The second kappa shape index (κ2) is 14.0. The van der Waals surface area contributed by atoms with Gasteiger partial charge in [0, 0.05) is 17.4 Å². The summed E-state index contributed by atoms with van der Waals surface area (Å²) < 4.78 is 16.1. The lowest BCUT2D eigenvalue weighted by Gasteiger charge is -2.28. The van der Waals surface area contributed by atoms with E-state index in [0.29, 0.717) is 58.1 Å². The van der Waals surface area contributed by atoms with Gasteiger partial charge in [0.2, 0.25) is 17.7 Å². The van der Waals surface area contributed by atoms with Crippen molar-refractivity contribution in [2.45, 2.75) is 76.6 Å². The number of amides is 3. The number of fused-ring (bicyclic) bond motifs is 1. The van der Waals surface area contributed by atoms with E-state index >= 15 is 0 Å². The lowest BCUT2D eigenvalue weighted by atomic mass is 9.88. The number of rotatable bonds is 15. The molecule has 2 heterocycles. The highest BCUT2D eigenvalue weighted by atomic mass is 16.6. The second-order valence-corrected chi connectivity index (χ2v) is 13.3. The number of hydrogen-bond donors (Lipinski definition) is 3. The maximum absolute atomic E-state index is 13.8. The number of aryl methyl sites for hydroxylation is 1. The average Bonchev–Trinajstić information content (AvgIpc) is 3.85. The molecule has 248 valence electrons. The first-order valence-electron chi connectivity index (χ1n) is 16.1. The van der Waals surface area contributed by atoms with E-state index in [1.165, 1.54) is 0 Å². The third kappa shape index (κ3) is 8.17. The molecule has 2 aliphatic heterocycles. The third-order valence-corrected chi connectivity index (χ3v) is 10.0. The van der Waals surface area contributed by atoms with Gasteiger partial charge in [-0.3, -0.25) is 24.1 Å². The first kappa shape index (κ1) is 32.4. The summed E-state index contributed by atoms with van der Waals surface area (Å²) >= 11 is 0. The molecule has 2 saturated heterocycles. The van der Waals surface area contributed by atoms with Crippen LogP contribution in [0, 0.1) is 23.7 Å². The van der Waals surface area contributed by atoms with Gasteiger partial charge in [-0.1, -0.05) is 19.1 Å². The van der Waals surface area contributed by atoms with Crippen LogP contribution in [0.3, 0.4) is 0 Å². The van der Waals surface area contributed by atoms with Crippen LogP contribution in [0.4, 0.5) is 0 Å². The molecule has 2 saturated carbocycles. The topological polar surface area (TPSA) is 139 Å². The lowest BCUT2D eigenvalue weighted by molar-refractivity contribution is -0.134. The van der Waals surface area contributed by atoms with E-state index < -0.39 is 35.5 Å². The summed E-state index contributed by atoms with van der Waals surface area (Å²) in [7, 11) is 1.60. The van der Waals surface area contributed by atoms with Gasteiger partial charge >= 0.3 is 0 Å². The minimum Gasteiger partial charge on any atom is -0.497 e. The number of nitrogens with zero attached hydrogens (tertiary/aromatic N) is 1. The maximum Gasteiger partial charge on any atom is 0.243 e. The van der Waals surface area contributed by atoms with Crippen molar-refractivity contribution in [1.82, 2.24) is 20.9 Å². The number of ketones is 1. The minimum atomic E-state index is -0.900. The van der Waals surface area contributed by atoms with E-state index in [1.807, 2.05) is 29.2 Å². The quantitative estimate of drug-likeness (QED) is 0.255. The average molecular weight is 619 g/mol. The fraction of sp³-hybridized carbons (Fsp3) is 0.697. The van der Waals surface area contributed by atoms with Crippen LogP contribution in [-0.4, -0.2) is 98.7 Å². The molecule has 0 bridgehead atoms. The van der Waals surface area contributed by atoms with Crippen LogP contribution >= 0.6 is 0 Å². The molecule has 1 aromatic rings. The molecule has 0 spiro atoms. The molecule has 3 amide bonds. The van der Waals surface area contributed by atoms with E-state index in [-0.39, 0.29) is 22.5 Å². The fourth-order valence-electron chi connectivity index (χ4n) is 6.91. The summed E-state index contributed by atoms with van der Waals surface area (Å²) in [5, 5.41) is 8.64. The number of epoxide rings is 1. The molecule has 4 fully saturated rings. The van der Waals surface area contributed by atoms with Gasteiger partial charge in [0.15, 0.2) is 5.78 Å². The first-order chi connectivity index (χ1) is 21.1. The molecule has 11 nitrogen and oxygen atoms in total. The summed E-state index contributed by atoms with van der Waals surface area (Å²) in [6.07, 6.45) is 3.59. The Morgan fingerprint density at radius 1 is 1.02 bits per heavy atom. The van der Waals surface area contributed by atoms with Gasteiger partial charge in [-0.25, -0.2) is 0 Å². The normalized spacial score (nSPS) is 29.5. The Morgan fingerprint density at radius 2 is 1.66 bits per heavy atom. The molecule has 0 aromatic heterocycles. The summed E-state index contributed by atoms with van der Waals surface area (Å²) in [5.41, 5.74) is 0.115. The van der Waals surface area contributed by atoms with Crippen molar-refractivity contribution in [3.05, 3.63) is 29.8 Å². The molecule has 1 aromatic carbocycles. The highest BCUT2D eigenvalue weighted by Crippen LogP contribution is 2.60. The molecule has 0 radical (unpaired) electrons. The predicted octanol–water partition coefficient (Wildman–Crippen LogP) is 2.21. The smallest absolute Gasteiger partial charge is 0.243 e. The molecule has 6 atom stereocenters. The van der Waals surface area contributed by atoms with Crippen LogP contribution in [0.25, 0.3) is 0 Å². The van der Waals surface area contributed by atoms with Crippen molar-refractivity contribution >= 4 is 23.5 Å². The Hall–Kier alpha value is -3.02. The van der Waals surface area contributed by atoms with Crippen LogP contribution < -0.4 is 20.7 Å². The van der Waals surface area contributed by atoms with E-state index in [9.17, 15) is 19.2 Å². The van der Waals surface area contributed by atoms with Crippen LogP contribution in [0.5, 0.6) is 5.75 Å². The maximum atomic E-state index is 13.8. The van der Waals surface area contributed by atoms with Crippen LogP contribution in [-0.2, 0) is 35.1 Å². The van der Waals surface area contributed by atoms with Crippen molar-refractivity contribution in [2.75, 3.05) is 46.6 Å². The number of hydrogen-bond acceptors (Lipinski definition) is 8. The zero-order valence-electron chi connectivity index (χ0n) is 26.4. The number of carbonyl (C=O) groups excluding carboxylic acids is 4. The summed E-state index contributed by atoms with van der Waals surface area (Å²) in [6, 6.07) is 5.13. The van der Waals surface area contributed by atoms with Gasteiger partial charge in [-0.2, -0.15) is 0 Å². The molecule has 44 heavy (non-hydrogen) atoms. The van der Waals surface area contributed by atoms with Gasteiger partial charge in [-0.05, 0) is 87.3 Å². The first-order valence-corrected chi connectivity index (χ1v) is 16.1. The zero-order chi connectivity index (χ0) is 31.4. The molecule has 11 heteroatoms. The SMILES string of the molecule is COc1ccc(CC[C@H](NC(=O)[C@H](C)NC(=O)CN2CCOCC2)C(=O)N[C@@H](CC2CC3C(C)C3C2)C(=O)[C@@]2(C)CO2)cc1.[HH].[HH].[HH]. The molecular weight excluding hydrogens is 564 g/mol. The van der Waals surface area contributed by atoms with E-state index in [4.69, 9.17) is 14.2 Å². The standard InChI is InChI=1S/C33H48N4O7.3H2/c1-20-25-15-23(16-26(20)25)17-28(30(39)33(3)19-44-33)36-32(41)27(10-7-22-5-8-24(42-4)9-6-22)35-31(40)21(2)34-29(38)18-37-11-13-43-14-12-37;;;/h5-6,8-9,20-21,23,25-28H,7,10-19H2,1-4H3,(H,34,38)(H,35,40)(H,36,41);3*1H/t20?,21-,23?,25?,26?,27-,28-,33+;;;/m0.../s1. The molecule has 2 aliphatic carbocycles. The van der Waals surface area contributed by atoms with Crippen molar-refractivity contribution in [2.24, 2.45) is 23.7 Å². The van der Waals surface area contributed by atoms with Gasteiger partial charge in [0.1, 0.15) is 23.4 Å². The van der Waals surface area contributed by atoms with Gasteiger partial charge < -0.3 is 30.2 Å². The Labute approximate surface area is 264 Å². The Morgan fingerprint density at radius 3 is 2.27 bits per heavy atom. The van der Waals surface area contributed by atoms with Crippen LogP contribution in [0.15, 0.2) is 24.3 Å². The number of carbonyl (C=O) groups is 4. The summed E-state index contributed by atoms with van der Waals surface area (Å²) in [4.78, 5) is 55.2. The van der Waals surface area contributed by atoms with Crippen LogP contribution in [0.2, 0.25) is 0 Å². The number of nitrogens with one attached hydrogen (secondary N) is 3. The third-order valence-electron chi connectivity index (χ3n) is 10.0. The zero-order valence-corrected chi connectivity index (χ0v) is 26.4. The lowest BCUT2D eigenvalue weighted by Crippen LogP contribution is -2.57. The molecule has 3 N–H and O–H groups in total. The second-order valence-electron chi connectivity index (χ2n) is 13.3. The molecule has 5 rings (SSSR count). The van der Waals surface area contributed by atoms with E-state index in [2.05, 4.69) is 22.9 Å².